The van der Waals surface area contributed by atoms with Crippen molar-refractivity contribution in [1.82, 2.24) is 14.5 Å². The number of carbonyl (C=O) groups excluding carboxylic acids is 1. The van der Waals surface area contributed by atoms with Crippen molar-refractivity contribution in [2.45, 2.75) is 0 Å². The summed E-state index contributed by atoms with van der Waals surface area (Å²) in [6.07, 6.45) is 2.83. The monoisotopic (exact) mass is 281 g/mol. The Morgan fingerprint density at radius 3 is 2.94 bits per heavy atom. The molecule has 0 aliphatic carbocycles. The molecule has 0 spiro atoms. The lowest BCUT2D eigenvalue weighted by atomic mass is 10.2. The molecule has 2 rings (SSSR count). The van der Waals surface area contributed by atoms with E-state index in [-0.39, 0.29) is 22.4 Å². The van der Waals surface area contributed by atoms with Gasteiger partial charge in [-0.15, -0.1) is 0 Å². The minimum Gasteiger partial charge on any atom is -0.302 e. The Kier molecular flexibility index (Phi) is 2.82. The maximum atomic E-state index is 11.8. The van der Waals surface area contributed by atoms with Crippen LogP contribution in [-0.4, -0.2) is 25.6 Å². The van der Waals surface area contributed by atoms with Gasteiger partial charge in [-0.25, -0.2) is 4.98 Å². The molecule has 0 radical (unpaired) electrons. The minimum atomic E-state index is -0.189. The third kappa shape index (κ3) is 1.65. The molecule has 0 atom stereocenters. The first kappa shape index (κ1) is 10.9. The predicted molar refractivity (Wildman–Crippen MR) is 62.9 cm³/mol. The number of Topliss-reactive ketones (excluding diaryl/α,β-unsaturated/α-hetero) is 1. The summed E-state index contributed by atoms with van der Waals surface area (Å²) in [6, 6.07) is 1.57. The number of pyridine rings is 1. The number of ketones is 1. The van der Waals surface area contributed by atoms with Crippen LogP contribution in [-0.2, 0) is 7.05 Å². The summed E-state index contributed by atoms with van der Waals surface area (Å²) in [5.41, 5.74) is 0.401. The van der Waals surface area contributed by atoms with Crippen LogP contribution in [0.5, 0.6) is 0 Å². The summed E-state index contributed by atoms with van der Waals surface area (Å²) in [5, 5.41) is 0.569. The van der Waals surface area contributed by atoms with Crippen LogP contribution in [0.25, 0.3) is 10.9 Å². The second-order valence-electron chi connectivity index (χ2n) is 3.27. The molecule has 0 aromatic carbocycles. The van der Waals surface area contributed by atoms with Crippen LogP contribution in [0, 0.1) is 0 Å². The minimum absolute atomic E-state index is 0.163. The zero-order chi connectivity index (χ0) is 11.7. The van der Waals surface area contributed by atoms with Gasteiger partial charge in [-0.2, -0.15) is 0 Å². The van der Waals surface area contributed by atoms with Crippen molar-refractivity contribution in [2.75, 3.05) is 5.33 Å². The van der Waals surface area contributed by atoms with E-state index >= 15 is 0 Å². The van der Waals surface area contributed by atoms with E-state index in [0.29, 0.717) is 10.9 Å². The van der Waals surface area contributed by atoms with Crippen LogP contribution in [0.2, 0.25) is 0 Å². The van der Waals surface area contributed by atoms with Crippen LogP contribution in [0.1, 0.15) is 10.5 Å². The number of hydrogen-bond donors (Lipinski definition) is 0. The molecule has 0 N–H and O–H groups in total. The van der Waals surface area contributed by atoms with E-state index in [2.05, 4.69) is 25.9 Å². The zero-order valence-electron chi connectivity index (χ0n) is 8.48. The molecule has 0 saturated carbocycles. The second kappa shape index (κ2) is 4.13. The average Bonchev–Trinajstić information content (AvgIpc) is 2.32. The Morgan fingerprint density at radius 2 is 2.25 bits per heavy atom. The molecule has 0 aliphatic heterocycles. The van der Waals surface area contributed by atoms with E-state index in [1.165, 1.54) is 17.1 Å². The molecule has 0 fully saturated rings. The highest BCUT2D eigenvalue weighted by Gasteiger charge is 2.13. The Hall–Kier alpha value is -1.56. The summed E-state index contributed by atoms with van der Waals surface area (Å²) in [5.74, 6) is -0.189. The topological polar surface area (TPSA) is 64.8 Å². The predicted octanol–water partition coefficient (Wildman–Crippen LogP) is 0.906. The number of fused-ring (bicyclic) bond motifs is 1. The fourth-order valence-electron chi connectivity index (χ4n) is 1.41. The quantitative estimate of drug-likeness (QED) is 0.606. The van der Waals surface area contributed by atoms with Gasteiger partial charge in [0, 0.05) is 13.2 Å². The van der Waals surface area contributed by atoms with Crippen molar-refractivity contribution in [1.29, 1.82) is 0 Å². The Balaban J connectivity index is 2.85. The number of aryl methyl sites for hydroxylation is 1. The normalized spacial score (nSPS) is 10.6. The fraction of sp³-hybridized carbons (Fsp3) is 0.200. The first-order chi connectivity index (χ1) is 7.65. The van der Waals surface area contributed by atoms with Crippen LogP contribution in [0.3, 0.4) is 0 Å². The molecule has 0 aliphatic rings. The Labute approximate surface area is 99.3 Å². The summed E-state index contributed by atoms with van der Waals surface area (Å²) < 4.78 is 1.37. The highest BCUT2D eigenvalue weighted by atomic mass is 79.9. The van der Waals surface area contributed by atoms with Crippen LogP contribution in [0.4, 0.5) is 0 Å². The molecule has 5 nitrogen and oxygen atoms in total. The van der Waals surface area contributed by atoms with Crippen molar-refractivity contribution in [3.8, 4) is 0 Å². The summed E-state index contributed by atoms with van der Waals surface area (Å²) in [6.45, 7) is 0. The Morgan fingerprint density at radius 1 is 1.50 bits per heavy atom. The number of hydrogen-bond acceptors (Lipinski definition) is 4. The largest absolute Gasteiger partial charge is 0.302 e. The highest BCUT2D eigenvalue weighted by molar-refractivity contribution is 9.09. The first-order valence-corrected chi connectivity index (χ1v) is 5.67. The smallest absolute Gasteiger partial charge is 0.261 e. The van der Waals surface area contributed by atoms with Crippen LogP contribution >= 0.6 is 15.9 Å². The average molecular weight is 282 g/mol. The standard InChI is InChI=1S/C10H8BrN3O2/c1-14-5-13-8-6(10(14)16)2-3-12-9(8)7(15)4-11/h2-3,5H,4H2,1H3. The zero-order valence-corrected chi connectivity index (χ0v) is 10.1. The molecule has 16 heavy (non-hydrogen) atoms. The molecule has 2 aromatic rings. The van der Waals surface area contributed by atoms with Gasteiger partial charge in [0.05, 0.1) is 17.0 Å². The molecule has 2 heterocycles. The van der Waals surface area contributed by atoms with Gasteiger partial charge in [0.1, 0.15) is 11.2 Å². The number of carbonyl (C=O) groups is 1. The van der Waals surface area contributed by atoms with Gasteiger partial charge in [-0.1, -0.05) is 15.9 Å². The maximum Gasteiger partial charge on any atom is 0.261 e. The van der Waals surface area contributed by atoms with Crippen molar-refractivity contribution < 1.29 is 4.79 Å². The summed E-state index contributed by atoms with van der Waals surface area (Å²) >= 11 is 3.07. The van der Waals surface area contributed by atoms with E-state index in [9.17, 15) is 9.59 Å². The molecule has 82 valence electrons. The van der Waals surface area contributed by atoms with Gasteiger partial charge in [0.25, 0.3) is 5.56 Å². The third-order valence-corrected chi connectivity index (χ3v) is 2.73. The van der Waals surface area contributed by atoms with Crippen molar-refractivity contribution >= 4 is 32.6 Å². The molecule has 0 unspecified atom stereocenters. The first-order valence-electron chi connectivity index (χ1n) is 4.54. The van der Waals surface area contributed by atoms with Gasteiger partial charge < -0.3 is 4.57 Å². The molecule has 2 aromatic heterocycles. The Bertz CT molecular complexity index is 621. The third-order valence-electron chi connectivity index (χ3n) is 2.22. The lowest BCUT2D eigenvalue weighted by Gasteiger charge is -2.03. The highest BCUT2D eigenvalue weighted by Crippen LogP contribution is 2.11. The molecular weight excluding hydrogens is 274 g/mol. The maximum absolute atomic E-state index is 11.8. The van der Waals surface area contributed by atoms with Gasteiger partial charge in [-0.05, 0) is 6.07 Å². The van der Waals surface area contributed by atoms with E-state index in [1.807, 2.05) is 0 Å². The number of alkyl halides is 1. The summed E-state index contributed by atoms with van der Waals surface area (Å²) in [7, 11) is 1.61. The number of nitrogens with zero attached hydrogens (tertiary/aromatic N) is 3. The van der Waals surface area contributed by atoms with Gasteiger partial charge in [0.2, 0.25) is 0 Å². The van der Waals surface area contributed by atoms with E-state index in [4.69, 9.17) is 0 Å². The van der Waals surface area contributed by atoms with E-state index < -0.39 is 0 Å². The number of aromatic nitrogens is 3. The van der Waals surface area contributed by atoms with E-state index in [0.717, 1.165) is 0 Å². The molecular formula is C10H8BrN3O2. The molecule has 0 bridgehead atoms. The number of halogens is 1. The van der Waals surface area contributed by atoms with Crippen molar-refractivity contribution in [3.05, 3.63) is 34.6 Å². The molecule has 6 heteroatoms. The van der Waals surface area contributed by atoms with Gasteiger partial charge >= 0.3 is 0 Å². The van der Waals surface area contributed by atoms with Crippen molar-refractivity contribution in [3.63, 3.8) is 0 Å². The lowest BCUT2D eigenvalue weighted by Crippen LogP contribution is -2.18. The SMILES string of the molecule is Cn1cnc2c(C(=O)CBr)nccc2c1=O. The fourth-order valence-corrected chi connectivity index (χ4v) is 1.68. The van der Waals surface area contributed by atoms with Gasteiger partial charge in [0.15, 0.2) is 5.78 Å². The van der Waals surface area contributed by atoms with E-state index in [1.54, 1.807) is 13.1 Å². The number of rotatable bonds is 2. The molecule has 0 amide bonds. The summed E-state index contributed by atoms with van der Waals surface area (Å²) in [4.78, 5) is 31.4. The van der Waals surface area contributed by atoms with Crippen LogP contribution < -0.4 is 5.56 Å². The second-order valence-corrected chi connectivity index (χ2v) is 3.83. The molecule has 0 saturated heterocycles. The van der Waals surface area contributed by atoms with Crippen molar-refractivity contribution in [2.24, 2.45) is 7.05 Å². The lowest BCUT2D eigenvalue weighted by molar-refractivity contribution is 0.102. The van der Waals surface area contributed by atoms with Crippen LogP contribution in [0.15, 0.2) is 23.4 Å². The van der Waals surface area contributed by atoms with Gasteiger partial charge in [-0.3, -0.25) is 14.6 Å².